The summed E-state index contributed by atoms with van der Waals surface area (Å²) in [5.41, 5.74) is 6.25. The van der Waals surface area contributed by atoms with Crippen LogP contribution < -0.4 is 26.4 Å². The Hall–Kier alpha value is -1.87. The van der Waals surface area contributed by atoms with Gasteiger partial charge in [0.05, 0.1) is 0 Å². The largest absolute Gasteiger partial charge is 1.00 e. The van der Waals surface area contributed by atoms with E-state index < -0.39 is 0 Å². The smallest absolute Gasteiger partial charge is 0.212 e. The first-order chi connectivity index (χ1) is 10.1. The molecular weight excluding hydrogens is 336 g/mol. The van der Waals surface area contributed by atoms with Gasteiger partial charge in [0, 0.05) is 42.9 Å². The first-order valence-electron chi connectivity index (χ1n) is 7.23. The van der Waals surface area contributed by atoms with Gasteiger partial charge in [0.1, 0.15) is 7.05 Å². The van der Waals surface area contributed by atoms with E-state index in [0.717, 1.165) is 0 Å². The summed E-state index contributed by atoms with van der Waals surface area (Å²) < 4.78 is 2.26. The van der Waals surface area contributed by atoms with Crippen LogP contribution >= 0.6 is 0 Å². The minimum absolute atomic E-state index is 0. The number of benzene rings is 2. The topological polar surface area (TPSA) is 7.12 Å². The lowest BCUT2D eigenvalue weighted by molar-refractivity contribution is -0.633. The molecule has 0 saturated heterocycles. The molecular formula is C19H21BrN2. The van der Waals surface area contributed by atoms with Gasteiger partial charge in [-0.3, -0.25) is 0 Å². The summed E-state index contributed by atoms with van der Waals surface area (Å²) in [7, 11) is 6.26. The average molecular weight is 357 g/mol. The second-order valence-electron chi connectivity index (χ2n) is 5.78. The van der Waals surface area contributed by atoms with Crippen LogP contribution in [-0.2, 0) is 7.05 Å². The van der Waals surface area contributed by atoms with Crippen LogP contribution in [0.25, 0.3) is 22.2 Å². The van der Waals surface area contributed by atoms with Crippen LogP contribution in [-0.4, -0.2) is 14.1 Å². The Morgan fingerprint density at radius 3 is 2.18 bits per heavy atom. The lowest BCUT2D eigenvalue weighted by Gasteiger charge is -2.12. The number of hydrogen-bond acceptors (Lipinski definition) is 1. The van der Waals surface area contributed by atoms with Crippen LogP contribution in [0.5, 0.6) is 0 Å². The highest BCUT2D eigenvalue weighted by Crippen LogP contribution is 2.22. The Morgan fingerprint density at radius 1 is 0.864 bits per heavy atom. The maximum atomic E-state index is 2.26. The molecule has 0 unspecified atom stereocenters. The number of anilines is 1. The third kappa shape index (κ3) is 3.00. The van der Waals surface area contributed by atoms with Gasteiger partial charge in [0.2, 0.25) is 11.2 Å². The molecule has 0 aliphatic carbocycles. The van der Waals surface area contributed by atoms with Crippen molar-refractivity contribution in [1.29, 1.82) is 0 Å². The first kappa shape index (κ1) is 16.5. The maximum Gasteiger partial charge on any atom is 0.212 e. The molecule has 3 aromatic rings. The minimum atomic E-state index is 0. The SMILES string of the molecule is Cc1ccc2c(ccc(-c3ccc(N(C)C)cc3)[n+]2C)c1.[Br-]. The molecule has 114 valence electrons. The van der Waals surface area contributed by atoms with Crippen LogP contribution in [0.2, 0.25) is 0 Å². The van der Waals surface area contributed by atoms with Gasteiger partial charge in [-0.05, 0) is 43.3 Å². The monoisotopic (exact) mass is 356 g/mol. The first-order valence-corrected chi connectivity index (χ1v) is 7.23. The zero-order chi connectivity index (χ0) is 15.0. The third-order valence-corrected chi connectivity index (χ3v) is 4.01. The molecule has 2 nitrogen and oxygen atoms in total. The highest BCUT2D eigenvalue weighted by Gasteiger charge is 2.13. The van der Waals surface area contributed by atoms with Crippen LogP contribution in [0.4, 0.5) is 5.69 Å². The molecule has 0 aliphatic heterocycles. The van der Waals surface area contributed by atoms with Crippen molar-refractivity contribution >= 4 is 16.6 Å². The molecule has 0 radical (unpaired) electrons. The highest BCUT2D eigenvalue weighted by atomic mass is 79.9. The number of halogens is 1. The lowest BCUT2D eigenvalue weighted by Crippen LogP contribution is -3.00. The number of fused-ring (bicyclic) bond motifs is 1. The van der Waals surface area contributed by atoms with E-state index in [9.17, 15) is 0 Å². The average Bonchev–Trinajstić information content (AvgIpc) is 2.47. The van der Waals surface area contributed by atoms with Crippen molar-refractivity contribution < 1.29 is 21.5 Å². The summed E-state index contributed by atoms with van der Waals surface area (Å²) in [5.74, 6) is 0. The number of pyridine rings is 1. The lowest BCUT2D eigenvalue weighted by atomic mass is 10.1. The normalized spacial score (nSPS) is 10.4. The van der Waals surface area contributed by atoms with Crippen LogP contribution in [0.15, 0.2) is 54.6 Å². The predicted molar refractivity (Wildman–Crippen MR) is 89.6 cm³/mol. The van der Waals surface area contributed by atoms with Crippen molar-refractivity contribution in [2.45, 2.75) is 6.92 Å². The number of aryl methyl sites for hydroxylation is 2. The van der Waals surface area contributed by atoms with Gasteiger partial charge >= 0.3 is 0 Å². The van der Waals surface area contributed by atoms with E-state index >= 15 is 0 Å². The summed E-state index contributed by atoms with van der Waals surface area (Å²) in [6.07, 6.45) is 0. The molecule has 0 bridgehead atoms. The molecule has 1 aromatic heterocycles. The summed E-state index contributed by atoms with van der Waals surface area (Å²) in [6, 6.07) is 19.7. The van der Waals surface area contributed by atoms with Gasteiger partial charge < -0.3 is 21.9 Å². The van der Waals surface area contributed by atoms with Gasteiger partial charge in [-0.2, -0.15) is 4.57 Å². The quantitative estimate of drug-likeness (QED) is 0.613. The Balaban J connectivity index is 0.00000176. The summed E-state index contributed by atoms with van der Waals surface area (Å²) in [5, 5.41) is 1.28. The predicted octanol–water partition coefficient (Wildman–Crippen LogP) is 0.710. The van der Waals surface area contributed by atoms with E-state index in [-0.39, 0.29) is 17.0 Å². The molecule has 0 atom stereocenters. The van der Waals surface area contributed by atoms with Crippen molar-refractivity contribution in [2.24, 2.45) is 7.05 Å². The fraction of sp³-hybridized carbons (Fsp3) is 0.211. The zero-order valence-electron chi connectivity index (χ0n) is 13.5. The van der Waals surface area contributed by atoms with Crippen molar-refractivity contribution in [3.8, 4) is 11.3 Å². The Labute approximate surface area is 142 Å². The van der Waals surface area contributed by atoms with Crippen LogP contribution in [0, 0.1) is 6.92 Å². The van der Waals surface area contributed by atoms with Crippen molar-refractivity contribution in [3.63, 3.8) is 0 Å². The number of rotatable bonds is 2. The van der Waals surface area contributed by atoms with Crippen molar-refractivity contribution in [1.82, 2.24) is 0 Å². The molecule has 0 saturated carbocycles. The van der Waals surface area contributed by atoms with E-state index in [1.54, 1.807) is 0 Å². The van der Waals surface area contributed by atoms with Crippen LogP contribution in [0.1, 0.15) is 5.56 Å². The number of nitrogens with zero attached hydrogens (tertiary/aromatic N) is 2. The second kappa shape index (κ2) is 6.49. The van der Waals surface area contributed by atoms with E-state index in [1.165, 1.54) is 33.4 Å². The highest BCUT2D eigenvalue weighted by molar-refractivity contribution is 5.78. The van der Waals surface area contributed by atoms with E-state index in [0.29, 0.717) is 0 Å². The molecule has 0 spiro atoms. The molecule has 3 heteroatoms. The van der Waals surface area contributed by atoms with Gasteiger partial charge in [-0.1, -0.05) is 11.6 Å². The summed E-state index contributed by atoms with van der Waals surface area (Å²) >= 11 is 0. The second-order valence-corrected chi connectivity index (χ2v) is 5.78. The molecule has 0 fully saturated rings. The molecule has 0 aliphatic rings. The van der Waals surface area contributed by atoms with Crippen LogP contribution in [0.3, 0.4) is 0 Å². The Morgan fingerprint density at radius 2 is 1.55 bits per heavy atom. The summed E-state index contributed by atoms with van der Waals surface area (Å²) in [6.45, 7) is 2.13. The fourth-order valence-corrected chi connectivity index (χ4v) is 2.74. The molecule has 3 rings (SSSR count). The zero-order valence-corrected chi connectivity index (χ0v) is 15.1. The molecule has 0 N–H and O–H groups in total. The molecule has 22 heavy (non-hydrogen) atoms. The standard InChI is InChI=1S/C19H21N2.BrH/c1-14-5-11-19-16(13-14)8-12-18(21(19)4)15-6-9-17(10-7-15)20(2)3;/h5-13H,1-4H3;1H/q+1;/p-1. The van der Waals surface area contributed by atoms with Crippen molar-refractivity contribution in [3.05, 3.63) is 60.2 Å². The molecule has 2 aromatic carbocycles. The maximum absolute atomic E-state index is 2.26. The van der Waals surface area contributed by atoms with Gasteiger partial charge in [-0.25, -0.2) is 0 Å². The van der Waals surface area contributed by atoms with E-state index in [2.05, 4.69) is 92.1 Å². The number of hydrogen-bond donors (Lipinski definition) is 0. The molecule has 0 amide bonds. The van der Waals surface area contributed by atoms with Gasteiger partial charge in [0.15, 0.2) is 0 Å². The minimum Gasteiger partial charge on any atom is -1.00 e. The fourth-order valence-electron chi connectivity index (χ4n) is 2.74. The van der Waals surface area contributed by atoms with Gasteiger partial charge in [0.25, 0.3) is 0 Å². The van der Waals surface area contributed by atoms with Gasteiger partial charge in [-0.15, -0.1) is 0 Å². The summed E-state index contributed by atoms with van der Waals surface area (Å²) in [4.78, 5) is 2.12. The van der Waals surface area contributed by atoms with Crippen molar-refractivity contribution in [2.75, 3.05) is 19.0 Å². The van der Waals surface area contributed by atoms with E-state index in [4.69, 9.17) is 0 Å². The number of aromatic nitrogens is 1. The third-order valence-electron chi connectivity index (χ3n) is 4.01. The molecule has 1 heterocycles. The Bertz CT molecular complexity index is 792. The van der Waals surface area contributed by atoms with E-state index in [1.807, 2.05) is 0 Å². The Kier molecular flexibility index (Phi) is 4.87.